The highest BCUT2D eigenvalue weighted by Crippen LogP contribution is 2.38. The predicted octanol–water partition coefficient (Wildman–Crippen LogP) is 4.01. The van der Waals surface area contributed by atoms with Crippen LogP contribution in [0.3, 0.4) is 0 Å². The lowest BCUT2D eigenvalue weighted by Gasteiger charge is -2.26. The zero-order chi connectivity index (χ0) is 13.9. The first-order valence-electron chi connectivity index (χ1n) is 6.36. The molecule has 1 aliphatic carbocycles. The Balaban J connectivity index is 2.05. The third-order valence-electron chi connectivity index (χ3n) is 3.76. The van der Waals surface area contributed by atoms with Crippen LogP contribution in [0.25, 0.3) is 0 Å². The lowest BCUT2D eigenvalue weighted by Crippen LogP contribution is -2.37. The van der Waals surface area contributed by atoms with E-state index in [0.29, 0.717) is 12.4 Å². The molecule has 0 aromatic heterocycles. The molecule has 104 valence electrons. The first kappa shape index (κ1) is 14.6. The Kier molecular flexibility index (Phi) is 4.69. The average molecular weight is 304 g/mol. The zero-order valence-electron chi connectivity index (χ0n) is 10.5. The van der Waals surface area contributed by atoms with Crippen molar-refractivity contribution in [3.8, 4) is 0 Å². The van der Waals surface area contributed by atoms with Crippen LogP contribution >= 0.6 is 23.2 Å². The summed E-state index contributed by atoms with van der Waals surface area (Å²) in [6.07, 6.45) is 4.26. The van der Waals surface area contributed by atoms with Gasteiger partial charge in [-0.05, 0) is 25.0 Å². The molecule has 5 heteroatoms. The molecule has 2 nitrogen and oxygen atoms in total. The molecule has 2 rings (SSSR count). The zero-order valence-corrected chi connectivity index (χ0v) is 12.0. The third kappa shape index (κ3) is 3.21. The number of hydrogen-bond acceptors (Lipinski definition) is 1. The number of nitrogens with one attached hydrogen (secondary N) is 1. The van der Waals surface area contributed by atoms with Crippen molar-refractivity contribution in [3.63, 3.8) is 0 Å². The smallest absolute Gasteiger partial charge is 0.255 e. The van der Waals surface area contributed by atoms with Crippen LogP contribution in [-0.4, -0.2) is 18.3 Å². The van der Waals surface area contributed by atoms with E-state index < -0.39 is 11.7 Å². The summed E-state index contributed by atoms with van der Waals surface area (Å²) in [5.74, 6) is -0.561. The van der Waals surface area contributed by atoms with Crippen LogP contribution in [0.5, 0.6) is 0 Å². The summed E-state index contributed by atoms with van der Waals surface area (Å²) in [6, 6.07) is 4.21. The number of halogens is 3. The fourth-order valence-corrected chi connectivity index (χ4v) is 3.16. The van der Waals surface area contributed by atoms with Crippen LogP contribution in [0.1, 0.15) is 36.0 Å². The summed E-state index contributed by atoms with van der Waals surface area (Å²) in [5, 5.41) is 2.90. The van der Waals surface area contributed by atoms with Crippen LogP contribution in [0.15, 0.2) is 18.2 Å². The Morgan fingerprint density at radius 3 is 2.63 bits per heavy atom. The van der Waals surface area contributed by atoms with Gasteiger partial charge in [0.15, 0.2) is 0 Å². The minimum Gasteiger partial charge on any atom is -0.351 e. The molecule has 1 fully saturated rings. The maximum absolute atomic E-state index is 13.6. The van der Waals surface area contributed by atoms with Gasteiger partial charge in [0.2, 0.25) is 0 Å². The van der Waals surface area contributed by atoms with Crippen LogP contribution in [0.4, 0.5) is 4.39 Å². The van der Waals surface area contributed by atoms with E-state index >= 15 is 0 Å². The van der Waals surface area contributed by atoms with Gasteiger partial charge in [0.25, 0.3) is 5.91 Å². The van der Waals surface area contributed by atoms with Gasteiger partial charge in [-0.3, -0.25) is 4.79 Å². The van der Waals surface area contributed by atoms with E-state index in [1.54, 1.807) is 0 Å². The quantitative estimate of drug-likeness (QED) is 0.837. The summed E-state index contributed by atoms with van der Waals surface area (Å²) in [7, 11) is 0. The summed E-state index contributed by atoms with van der Waals surface area (Å²) in [6.45, 7) is 0.472. The van der Waals surface area contributed by atoms with Crippen molar-refractivity contribution in [2.75, 3.05) is 12.4 Å². The molecule has 1 saturated carbocycles. The van der Waals surface area contributed by atoms with E-state index in [4.69, 9.17) is 23.2 Å². The van der Waals surface area contributed by atoms with Gasteiger partial charge < -0.3 is 5.32 Å². The van der Waals surface area contributed by atoms with Crippen LogP contribution in [-0.2, 0) is 0 Å². The monoisotopic (exact) mass is 303 g/mol. The Morgan fingerprint density at radius 1 is 1.37 bits per heavy atom. The van der Waals surface area contributed by atoms with Gasteiger partial charge in [-0.1, -0.05) is 30.5 Å². The number of rotatable bonds is 4. The molecule has 1 N–H and O–H groups in total. The Morgan fingerprint density at radius 2 is 2.05 bits per heavy atom. The SMILES string of the molecule is O=C(NCC1(CCl)CCCC1)c1c(F)cccc1Cl. The molecule has 0 radical (unpaired) electrons. The summed E-state index contributed by atoms with van der Waals surface area (Å²) < 4.78 is 13.6. The minimum absolute atomic E-state index is 0.0467. The molecule has 0 atom stereocenters. The molecular formula is C14H16Cl2FNO. The highest BCUT2D eigenvalue weighted by atomic mass is 35.5. The summed E-state index contributed by atoms with van der Waals surface area (Å²) in [4.78, 5) is 12.0. The third-order valence-corrected chi connectivity index (χ3v) is 4.64. The second-order valence-electron chi connectivity index (χ2n) is 5.12. The normalized spacial score (nSPS) is 17.4. The number of carbonyl (C=O) groups excluding carboxylic acids is 1. The second-order valence-corrected chi connectivity index (χ2v) is 5.79. The van der Waals surface area contributed by atoms with Crippen molar-refractivity contribution in [3.05, 3.63) is 34.6 Å². The molecule has 1 aliphatic rings. The number of hydrogen-bond donors (Lipinski definition) is 1. The minimum atomic E-state index is -0.601. The summed E-state index contributed by atoms with van der Waals surface area (Å²) in [5.41, 5.74) is -0.138. The average Bonchev–Trinajstić information content (AvgIpc) is 2.86. The van der Waals surface area contributed by atoms with Crippen LogP contribution in [0, 0.1) is 11.2 Å². The molecule has 1 aromatic rings. The van der Waals surface area contributed by atoms with E-state index in [1.165, 1.54) is 18.2 Å². The number of benzene rings is 1. The molecule has 0 unspecified atom stereocenters. The van der Waals surface area contributed by atoms with E-state index in [9.17, 15) is 9.18 Å². The largest absolute Gasteiger partial charge is 0.351 e. The first-order chi connectivity index (χ1) is 9.08. The van der Waals surface area contributed by atoms with E-state index in [1.807, 2.05) is 0 Å². The van der Waals surface area contributed by atoms with Gasteiger partial charge in [0.1, 0.15) is 5.82 Å². The standard InChI is InChI=1S/C14H16Cl2FNO/c15-8-14(6-1-2-7-14)9-18-13(19)12-10(16)4-3-5-11(12)17/h3-5H,1-2,6-9H2,(H,18,19). The molecule has 1 amide bonds. The lowest BCUT2D eigenvalue weighted by atomic mass is 9.88. The van der Waals surface area contributed by atoms with Gasteiger partial charge in [0.05, 0.1) is 10.6 Å². The number of alkyl halides is 1. The highest BCUT2D eigenvalue weighted by Gasteiger charge is 2.33. The van der Waals surface area contributed by atoms with Gasteiger partial charge in [-0.15, -0.1) is 11.6 Å². The molecule has 0 saturated heterocycles. The second kappa shape index (κ2) is 6.10. The molecule has 0 heterocycles. The molecule has 1 aromatic carbocycles. The topological polar surface area (TPSA) is 29.1 Å². The van der Waals surface area contributed by atoms with Gasteiger partial charge >= 0.3 is 0 Å². The maximum atomic E-state index is 13.6. The molecule has 19 heavy (non-hydrogen) atoms. The van der Waals surface area contributed by atoms with E-state index in [-0.39, 0.29) is 16.0 Å². The fraction of sp³-hybridized carbons (Fsp3) is 0.500. The van der Waals surface area contributed by atoms with Crippen molar-refractivity contribution in [1.82, 2.24) is 5.32 Å². The Labute approximate surface area is 122 Å². The fourth-order valence-electron chi connectivity index (χ4n) is 2.55. The maximum Gasteiger partial charge on any atom is 0.255 e. The molecule has 0 aliphatic heterocycles. The molecule has 0 spiro atoms. The van der Waals surface area contributed by atoms with E-state index in [0.717, 1.165) is 25.7 Å². The van der Waals surface area contributed by atoms with Crippen molar-refractivity contribution < 1.29 is 9.18 Å². The molecular weight excluding hydrogens is 288 g/mol. The van der Waals surface area contributed by atoms with Crippen molar-refractivity contribution in [2.24, 2.45) is 5.41 Å². The number of amides is 1. The number of carbonyl (C=O) groups is 1. The van der Waals surface area contributed by atoms with Gasteiger partial charge in [-0.2, -0.15) is 0 Å². The summed E-state index contributed by atoms with van der Waals surface area (Å²) >= 11 is 11.9. The van der Waals surface area contributed by atoms with Gasteiger partial charge in [0, 0.05) is 17.8 Å². The van der Waals surface area contributed by atoms with Crippen molar-refractivity contribution >= 4 is 29.1 Å². The van der Waals surface area contributed by atoms with E-state index in [2.05, 4.69) is 5.32 Å². The first-order valence-corrected chi connectivity index (χ1v) is 7.27. The predicted molar refractivity (Wildman–Crippen MR) is 75.4 cm³/mol. The van der Waals surface area contributed by atoms with Crippen LogP contribution in [0.2, 0.25) is 5.02 Å². The van der Waals surface area contributed by atoms with Crippen LogP contribution < -0.4 is 5.32 Å². The lowest BCUT2D eigenvalue weighted by molar-refractivity contribution is 0.0931. The van der Waals surface area contributed by atoms with Crippen molar-refractivity contribution in [1.29, 1.82) is 0 Å². The Bertz CT molecular complexity index is 452. The van der Waals surface area contributed by atoms with Crippen molar-refractivity contribution in [2.45, 2.75) is 25.7 Å². The molecule has 0 bridgehead atoms. The Hall–Kier alpha value is -0.800. The van der Waals surface area contributed by atoms with Gasteiger partial charge in [-0.25, -0.2) is 4.39 Å². The highest BCUT2D eigenvalue weighted by molar-refractivity contribution is 6.33.